The second kappa shape index (κ2) is 52.9. The lowest BCUT2D eigenvalue weighted by atomic mass is 10.1. The quantitative estimate of drug-likeness (QED) is 0.0262. The zero-order valence-corrected chi connectivity index (χ0v) is 42.2. The summed E-state index contributed by atoms with van der Waals surface area (Å²) < 4.78 is 16.7. The Bertz CT molecular complexity index is 1310. The number of unbranched alkanes of at least 4 members (excludes halogenated alkanes) is 20. The minimum Gasteiger partial charge on any atom is -0.462 e. The van der Waals surface area contributed by atoms with Crippen LogP contribution in [0.25, 0.3) is 0 Å². The average Bonchev–Trinajstić information content (AvgIpc) is 3.30. The standard InChI is InChI=1S/C59H98O6/c1-4-7-10-13-16-19-22-25-28-29-32-35-38-41-44-47-50-53-59(62)65-56(54-63-57(60)51-48-45-42-39-36-33-30-26-23-20-17-14-11-8-5-2)55-64-58(61)52-49-46-43-40-37-34-31-27-24-21-18-15-12-9-6-3/h8,11,17,20-21,24-26,28,30,32,35-36,39,41,44,56H,4-7,9-10,12-16,18-19,22-23,27,29,31,33-34,37-38,40,42-43,45-55H2,1-3H3/b11-8-,20-17-,24-21-,28-25-,30-26-,35-32-,39-36-,44-41-/t56-/m1/s1. The highest BCUT2D eigenvalue weighted by Gasteiger charge is 2.19. The zero-order chi connectivity index (χ0) is 47.2. The molecule has 0 aliphatic rings. The van der Waals surface area contributed by atoms with Crippen LogP contribution in [0.1, 0.15) is 239 Å². The van der Waals surface area contributed by atoms with Crippen molar-refractivity contribution in [2.45, 2.75) is 245 Å². The molecule has 1 atom stereocenters. The number of rotatable bonds is 47. The van der Waals surface area contributed by atoms with E-state index in [0.717, 1.165) is 77.0 Å². The monoisotopic (exact) mass is 903 g/mol. The highest BCUT2D eigenvalue weighted by molar-refractivity contribution is 5.71. The van der Waals surface area contributed by atoms with Crippen molar-refractivity contribution in [2.24, 2.45) is 0 Å². The molecular weight excluding hydrogens is 805 g/mol. The fraction of sp³-hybridized carbons (Fsp3) is 0.678. The Morgan fingerprint density at radius 2 is 0.615 bits per heavy atom. The Morgan fingerprint density at radius 3 is 1.05 bits per heavy atom. The fourth-order valence-corrected chi connectivity index (χ4v) is 7.03. The Kier molecular flexibility index (Phi) is 50.0. The first kappa shape index (κ1) is 61.3. The number of carbonyl (C=O) groups is 3. The lowest BCUT2D eigenvalue weighted by molar-refractivity contribution is -0.167. The lowest BCUT2D eigenvalue weighted by Crippen LogP contribution is -2.30. The number of ether oxygens (including phenoxy) is 3. The van der Waals surface area contributed by atoms with Crippen LogP contribution in [-0.4, -0.2) is 37.2 Å². The summed E-state index contributed by atoms with van der Waals surface area (Å²) in [6, 6.07) is 0. The van der Waals surface area contributed by atoms with Gasteiger partial charge in [0.15, 0.2) is 6.10 Å². The van der Waals surface area contributed by atoms with Crippen LogP contribution in [0, 0.1) is 0 Å². The molecule has 0 rings (SSSR count). The molecule has 0 aromatic rings. The molecular formula is C59H98O6. The third kappa shape index (κ3) is 51.2. The lowest BCUT2D eigenvalue weighted by Gasteiger charge is -2.18. The van der Waals surface area contributed by atoms with Crippen molar-refractivity contribution in [3.8, 4) is 0 Å². The van der Waals surface area contributed by atoms with E-state index in [-0.39, 0.29) is 37.5 Å². The SMILES string of the molecule is CC/C=C\C/C=C\C/C=C\C/C=C\CCCCC(=O)OC[C@H](COC(=O)CCCCCCCCC/C=C\CCCCCC)OC(=O)CCC/C=C\C/C=C\C/C=C\CCCCCCCC. The van der Waals surface area contributed by atoms with E-state index in [0.29, 0.717) is 25.7 Å². The van der Waals surface area contributed by atoms with Gasteiger partial charge < -0.3 is 14.2 Å². The predicted molar refractivity (Wildman–Crippen MR) is 279 cm³/mol. The van der Waals surface area contributed by atoms with Crippen LogP contribution >= 0.6 is 0 Å². The van der Waals surface area contributed by atoms with E-state index in [9.17, 15) is 14.4 Å². The van der Waals surface area contributed by atoms with Crippen LogP contribution in [0.5, 0.6) is 0 Å². The number of allylic oxidation sites excluding steroid dienone is 16. The van der Waals surface area contributed by atoms with E-state index < -0.39 is 6.10 Å². The number of carbonyl (C=O) groups excluding carboxylic acids is 3. The van der Waals surface area contributed by atoms with E-state index in [1.165, 1.54) is 109 Å². The number of hydrogen-bond acceptors (Lipinski definition) is 6. The van der Waals surface area contributed by atoms with Crippen LogP contribution in [0.4, 0.5) is 0 Å². The molecule has 0 spiro atoms. The maximum absolute atomic E-state index is 12.8. The summed E-state index contributed by atoms with van der Waals surface area (Å²) in [7, 11) is 0. The van der Waals surface area contributed by atoms with Gasteiger partial charge >= 0.3 is 17.9 Å². The molecule has 0 aromatic heterocycles. The van der Waals surface area contributed by atoms with Gasteiger partial charge in [-0.3, -0.25) is 14.4 Å². The molecule has 0 unspecified atom stereocenters. The van der Waals surface area contributed by atoms with Gasteiger partial charge in [-0.05, 0) is 116 Å². The third-order valence-corrected chi connectivity index (χ3v) is 11.0. The van der Waals surface area contributed by atoms with E-state index in [2.05, 4.69) is 118 Å². The van der Waals surface area contributed by atoms with Crippen molar-refractivity contribution >= 4 is 17.9 Å². The predicted octanol–water partition coefficient (Wildman–Crippen LogP) is 17.8. The van der Waals surface area contributed by atoms with Crippen molar-refractivity contribution in [2.75, 3.05) is 13.2 Å². The van der Waals surface area contributed by atoms with E-state index in [1.54, 1.807) is 0 Å². The molecule has 6 heteroatoms. The molecule has 0 aromatic carbocycles. The van der Waals surface area contributed by atoms with Gasteiger partial charge in [0.05, 0.1) is 0 Å². The smallest absolute Gasteiger partial charge is 0.306 e. The van der Waals surface area contributed by atoms with Gasteiger partial charge in [0.2, 0.25) is 0 Å². The largest absolute Gasteiger partial charge is 0.462 e. The van der Waals surface area contributed by atoms with Gasteiger partial charge in [0.25, 0.3) is 0 Å². The van der Waals surface area contributed by atoms with E-state index >= 15 is 0 Å². The number of esters is 3. The molecule has 370 valence electrons. The number of hydrogen-bond donors (Lipinski definition) is 0. The molecule has 0 saturated heterocycles. The summed E-state index contributed by atoms with van der Waals surface area (Å²) in [6.45, 7) is 6.42. The van der Waals surface area contributed by atoms with Crippen molar-refractivity contribution in [1.82, 2.24) is 0 Å². The molecule has 65 heavy (non-hydrogen) atoms. The first-order valence-electron chi connectivity index (χ1n) is 26.7. The van der Waals surface area contributed by atoms with Crippen molar-refractivity contribution in [3.05, 3.63) is 97.2 Å². The van der Waals surface area contributed by atoms with Crippen LogP contribution in [-0.2, 0) is 28.6 Å². The van der Waals surface area contributed by atoms with Gasteiger partial charge in [-0.2, -0.15) is 0 Å². The Labute approximate surface area is 400 Å². The van der Waals surface area contributed by atoms with Crippen molar-refractivity contribution in [1.29, 1.82) is 0 Å². The molecule has 6 nitrogen and oxygen atoms in total. The topological polar surface area (TPSA) is 78.9 Å². The van der Waals surface area contributed by atoms with Gasteiger partial charge in [0, 0.05) is 19.3 Å². The minimum atomic E-state index is -0.823. The first-order valence-corrected chi connectivity index (χ1v) is 26.7. The van der Waals surface area contributed by atoms with Crippen LogP contribution in [0.15, 0.2) is 97.2 Å². The molecule has 0 amide bonds. The average molecular weight is 903 g/mol. The highest BCUT2D eigenvalue weighted by Crippen LogP contribution is 2.13. The second-order valence-corrected chi connectivity index (χ2v) is 17.4. The van der Waals surface area contributed by atoms with Crippen LogP contribution in [0.2, 0.25) is 0 Å². The van der Waals surface area contributed by atoms with Crippen LogP contribution in [0.3, 0.4) is 0 Å². The maximum atomic E-state index is 12.8. The fourth-order valence-electron chi connectivity index (χ4n) is 7.03. The summed E-state index contributed by atoms with van der Waals surface area (Å²) in [6.07, 6.45) is 69.7. The highest BCUT2D eigenvalue weighted by atomic mass is 16.6. The molecule has 0 radical (unpaired) electrons. The first-order chi connectivity index (χ1) is 32.0. The molecule has 0 aliphatic heterocycles. The molecule has 0 saturated carbocycles. The normalized spacial score (nSPS) is 12.8. The van der Waals surface area contributed by atoms with E-state index in [1.807, 2.05) is 0 Å². The Hall–Kier alpha value is -3.67. The van der Waals surface area contributed by atoms with E-state index in [4.69, 9.17) is 14.2 Å². The van der Waals surface area contributed by atoms with Crippen LogP contribution < -0.4 is 0 Å². The molecule has 0 aliphatic carbocycles. The summed E-state index contributed by atoms with van der Waals surface area (Å²) in [4.78, 5) is 38.0. The summed E-state index contributed by atoms with van der Waals surface area (Å²) in [5.41, 5.74) is 0. The minimum absolute atomic E-state index is 0.114. The Balaban J connectivity index is 4.54. The van der Waals surface area contributed by atoms with Crippen molar-refractivity contribution < 1.29 is 28.6 Å². The third-order valence-electron chi connectivity index (χ3n) is 11.0. The Morgan fingerprint density at radius 1 is 0.323 bits per heavy atom. The summed E-state index contributed by atoms with van der Waals surface area (Å²) in [5.74, 6) is -1.02. The van der Waals surface area contributed by atoms with Gasteiger partial charge in [0.1, 0.15) is 13.2 Å². The molecule has 0 heterocycles. The molecule has 0 fully saturated rings. The zero-order valence-electron chi connectivity index (χ0n) is 42.2. The van der Waals surface area contributed by atoms with Gasteiger partial charge in [-0.1, -0.05) is 201 Å². The molecule has 0 bridgehead atoms. The second-order valence-electron chi connectivity index (χ2n) is 17.4. The van der Waals surface area contributed by atoms with Crippen molar-refractivity contribution in [3.63, 3.8) is 0 Å². The summed E-state index contributed by atoms with van der Waals surface area (Å²) in [5, 5.41) is 0. The maximum Gasteiger partial charge on any atom is 0.306 e. The van der Waals surface area contributed by atoms with Gasteiger partial charge in [-0.25, -0.2) is 0 Å². The van der Waals surface area contributed by atoms with Gasteiger partial charge in [-0.15, -0.1) is 0 Å². The molecule has 0 N–H and O–H groups in total. The summed E-state index contributed by atoms with van der Waals surface area (Å²) >= 11 is 0.